The van der Waals surface area contributed by atoms with Crippen LogP contribution in [0.5, 0.6) is 0 Å². The molecule has 0 bridgehead atoms. The number of nitrogens with one attached hydrogen (secondary N) is 1. The van der Waals surface area contributed by atoms with Crippen molar-refractivity contribution in [3.63, 3.8) is 0 Å². The zero-order chi connectivity index (χ0) is 15.5. The molecule has 0 radical (unpaired) electrons. The van der Waals surface area contributed by atoms with Crippen LogP contribution in [0.1, 0.15) is 37.8 Å². The van der Waals surface area contributed by atoms with E-state index < -0.39 is 0 Å². The predicted octanol–water partition coefficient (Wildman–Crippen LogP) is 2.30. The largest absolute Gasteiger partial charge is 0.313 e. The van der Waals surface area contributed by atoms with Crippen LogP contribution < -0.4 is 5.32 Å². The topological polar surface area (TPSA) is 55.1 Å². The van der Waals surface area contributed by atoms with Crippen LogP contribution in [0.2, 0.25) is 0 Å². The summed E-state index contributed by atoms with van der Waals surface area (Å²) in [6.45, 7) is 8.52. The lowest BCUT2D eigenvalue weighted by atomic mass is 9.86. The zero-order valence-corrected chi connectivity index (χ0v) is 13.4. The minimum absolute atomic E-state index is 0.391. The molecule has 2 aromatic rings. The Balaban J connectivity index is 1.88. The van der Waals surface area contributed by atoms with Crippen LogP contribution in [-0.2, 0) is 0 Å². The molecule has 0 aliphatic carbocycles. The molecule has 1 aliphatic heterocycles. The van der Waals surface area contributed by atoms with Gasteiger partial charge in [0.1, 0.15) is 0 Å². The van der Waals surface area contributed by atoms with E-state index >= 15 is 0 Å². The van der Waals surface area contributed by atoms with Gasteiger partial charge in [0.05, 0.1) is 12.4 Å². The molecule has 1 aliphatic rings. The van der Waals surface area contributed by atoms with Gasteiger partial charge in [-0.3, -0.25) is 4.99 Å². The van der Waals surface area contributed by atoms with Crippen molar-refractivity contribution < 1.29 is 0 Å². The molecule has 22 heavy (non-hydrogen) atoms. The molecule has 1 aromatic carbocycles. The number of benzene rings is 1. The lowest BCUT2D eigenvalue weighted by Gasteiger charge is -2.30. The third-order valence-corrected chi connectivity index (χ3v) is 4.13. The van der Waals surface area contributed by atoms with Gasteiger partial charge in [-0.2, -0.15) is 0 Å². The first-order valence-corrected chi connectivity index (χ1v) is 7.90. The number of aliphatic imine (C=N–C) groups is 1. The Bertz CT molecular complexity index is 645. The predicted molar refractivity (Wildman–Crippen MR) is 88.3 cm³/mol. The fourth-order valence-corrected chi connectivity index (χ4v) is 2.90. The average molecular weight is 297 g/mol. The molecule has 0 fully saturated rings. The molecule has 116 valence electrons. The van der Waals surface area contributed by atoms with E-state index in [1.807, 2.05) is 6.20 Å². The van der Waals surface area contributed by atoms with Crippen molar-refractivity contribution in [3.8, 4) is 0 Å². The SMILES string of the molecule is CC(C)CNC(C)C1CN=C(n2ccnn2)c2ccccc21. The number of rotatable bonds is 4. The normalized spacial score (nSPS) is 18.9. The highest BCUT2D eigenvalue weighted by molar-refractivity contribution is 6.02. The van der Waals surface area contributed by atoms with Gasteiger partial charge >= 0.3 is 0 Å². The van der Waals surface area contributed by atoms with Gasteiger partial charge in [0.15, 0.2) is 5.84 Å². The van der Waals surface area contributed by atoms with Crippen molar-refractivity contribution in [1.29, 1.82) is 0 Å². The second kappa shape index (κ2) is 6.40. The fourth-order valence-electron chi connectivity index (χ4n) is 2.90. The number of aromatic nitrogens is 3. The van der Waals surface area contributed by atoms with Crippen LogP contribution in [0, 0.1) is 5.92 Å². The Labute approximate surface area is 131 Å². The summed E-state index contributed by atoms with van der Waals surface area (Å²) in [5.74, 6) is 1.93. The Morgan fingerprint density at radius 2 is 2.09 bits per heavy atom. The highest BCUT2D eigenvalue weighted by Crippen LogP contribution is 2.29. The van der Waals surface area contributed by atoms with Crippen molar-refractivity contribution in [2.75, 3.05) is 13.1 Å². The minimum atomic E-state index is 0.391. The van der Waals surface area contributed by atoms with E-state index in [2.05, 4.69) is 60.7 Å². The molecule has 2 atom stereocenters. The molecule has 5 nitrogen and oxygen atoms in total. The summed E-state index contributed by atoms with van der Waals surface area (Å²) in [7, 11) is 0. The van der Waals surface area contributed by atoms with Crippen molar-refractivity contribution >= 4 is 5.84 Å². The van der Waals surface area contributed by atoms with Crippen LogP contribution >= 0.6 is 0 Å². The first-order chi connectivity index (χ1) is 10.7. The van der Waals surface area contributed by atoms with E-state index in [9.17, 15) is 0 Å². The second-order valence-electron chi connectivity index (χ2n) is 6.30. The second-order valence-corrected chi connectivity index (χ2v) is 6.30. The van der Waals surface area contributed by atoms with Crippen LogP contribution in [0.3, 0.4) is 0 Å². The van der Waals surface area contributed by atoms with Gasteiger partial charge < -0.3 is 5.32 Å². The average Bonchev–Trinajstić information content (AvgIpc) is 3.05. The molecular formula is C17H23N5. The minimum Gasteiger partial charge on any atom is -0.313 e. The maximum atomic E-state index is 4.78. The molecule has 3 rings (SSSR count). The number of hydrogen-bond donors (Lipinski definition) is 1. The van der Waals surface area contributed by atoms with Crippen LogP contribution in [0.4, 0.5) is 0 Å². The van der Waals surface area contributed by atoms with Gasteiger partial charge in [-0.1, -0.05) is 43.3 Å². The summed E-state index contributed by atoms with van der Waals surface area (Å²) in [4.78, 5) is 4.78. The molecule has 2 heterocycles. The molecule has 0 spiro atoms. The molecule has 0 saturated carbocycles. The summed E-state index contributed by atoms with van der Waals surface area (Å²) in [5.41, 5.74) is 2.49. The van der Waals surface area contributed by atoms with Gasteiger partial charge in [-0.05, 0) is 24.9 Å². The summed E-state index contributed by atoms with van der Waals surface area (Å²) in [6, 6.07) is 8.88. The van der Waals surface area contributed by atoms with Crippen molar-refractivity contribution in [1.82, 2.24) is 20.3 Å². The Hall–Kier alpha value is -2.01. The van der Waals surface area contributed by atoms with Crippen LogP contribution in [0.25, 0.3) is 0 Å². The highest BCUT2D eigenvalue weighted by Gasteiger charge is 2.27. The molecule has 0 saturated heterocycles. The summed E-state index contributed by atoms with van der Waals surface area (Å²) in [6.07, 6.45) is 3.53. The number of nitrogens with zero attached hydrogens (tertiary/aromatic N) is 4. The lowest BCUT2D eigenvalue weighted by molar-refractivity contribution is 0.427. The number of hydrogen-bond acceptors (Lipinski definition) is 4. The summed E-state index contributed by atoms with van der Waals surface area (Å²) >= 11 is 0. The maximum Gasteiger partial charge on any atom is 0.158 e. The Kier molecular flexibility index (Phi) is 4.34. The van der Waals surface area contributed by atoms with E-state index in [1.165, 1.54) is 5.56 Å². The molecule has 0 amide bonds. The van der Waals surface area contributed by atoms with E-state index in [4.69, 9.17) is 4.99 Å². The van der Waals surface area contributed by atoms with Crippen LogP contribution in [-0.4, -0.2) is 40.0 Å². The fraction of sp³-hybridized carbons (Fsp3) is 0.471. The van der Waals surface area contributed by atoms with E-state index in [1.54, 1.807) is 10.9 Å². The molecule has 5 heteroatoms. The zero-order valence-electron chi connectivity index (χ0n) is 13.4. The first kappa shape index (κ1) is 14.9. The van der Waals surface area contributed by atoms with E-state index in [0.29, 0.717) is 17.9 Å². The smallest absolute Gasteiger partial charge is 0.158 e. The highest BCUT2D eigenvalue weighted by atomic mass is 15.4. The van der Waals surface area contributed by atoms with E-state index in [0.717, 1.165) is 24.5 Å². The standard InChI is InChI=1S/C17H23N5/c1-12(2)10-18-13(3)16-11-19-17(22-9-8-20-21-22)15-7-5-4-6-14(15)16/h4-9,12-13,16,18H,10-11H2,1-3H3. The molecule has 1 N–H and O–H groups in total. The third-order valence-electron chi connectivity index (χ3n) is 4.13. The molecule has 2 unspecified atom stereocenters. The number of fused-ring (bicyclic) bond motifs is 1. The van der Waals surface area contributed by atoms with Crippen molar-refractivity contribution in [2.24, 2.45) is 10.9 Å². The summed E-state index contributed by atoms with van der Waals surface area (Å²) in [5, 5.41) is 11.6. The molecule has 1 aromatic heterocycles. The van der Waals surface area contributed by atoms with Gasteiger partial charge in [0.2, 0.25) is 0 Å². The maximum absolute atomic E-state index is 4.78. The van der Waals surface area contributed by atoms with Gasteiger partial charge in [-0.25, -0.2) is 4.68 Å². The van der Waals surface area contributed by atoms with Gasteiger partial charge in [-0.15, -0.1) is 5.10 Å². The van der Waals surface area contributed by atoms with Crippen LogP contribution in [0.15, 0.2) is 41.7 Å². The van der Waals surface area contributed by atoms with Crippen molar-refractivity contribution in [2.45, 2.75) is 32.7 Å². The Morgan fingerprint density at radius 1 is 1.27 bits per heavy atom. The summed E-state index contributed by atoms with van der Waals surface area (Å²) < 4.78 is 1.75. The quantitative estimate of drug-likeness (QED) is 0.942. The van der Waals surface area contributed by atoms with Gasteiger partial charge in [0, 0.05) is 24.1 Å². The van der Waals surface area contributed by atoms with Gasteiger partial charge in [0.25, 0.3) is 0 Å². The van der Waals surface area contributed by atoms with E-state index in [-0.39, 0.29) is 0 Å². The molecular weight excluding hydrogens is 274 g/mol. The first-order valence-electron chi connectivity index (χ1n) is 7.90. The third kappa shape index (κ3) is 2.95. The Morgan fingerprint density at radius 3 is 2.82 bits per heavy atom. The monoisotopic (exact) mass is 297 g/mol. The van der Waals surface area contributed by atoms with Crippen molar-refractivity contribution in [3.05, 3.63) is 47.8 Å². The lowest BCUT2D eigenvalue weighted by Crippen LogP contribution is -2.38.